The van der Waals surface area contributed by atoms with E-state index in [0.29, 0.717) is 23.5 Å². The van der Waals surface area contributed by atoms with E-state index in [0.717, 1.165) is 11.5 Å². The molecule has 1 aromatic heterocycles. The average Bonchev–Trinajstić information content (AvgIpc) is 2.94. The molecule has 1 atom stereocenters. The highest BCUT2D eigenvalue weighted by molar-refractivity contribution is 7.08. The molecule has 2 rings (SSSR count). The number of amides is 1. The molecule has 0 aromatic carbocycles. The van der Waals surface area contributed by atoms with Crippen LogP contribution < -0.4 is 5.73 Å². The van der Waals surface area contributed by atoms with E-state index in [9.17, 15) is 9.59 Å². The van der Waals surface area contributed by atoms with Crippen molar-refractivity contribution in [2.45, 2.75) is 25.3 Å². The molecule has 3 N–H and O–H groups in total. The quantitative estimate of drug-likeness (QED) is 0.782. The highest BCUT2D eigenvalue weighted by Gasteiger charge is 2.43. The summed E-state index contributed by atoms with van der Waals surface area (Å²) in [7, 11) is 0. The molecule has 1 saturated heterocycles. The van der Waals surface area contributed by atoms with Crippen LogP contribution in [0.5, 0.6) is 0 Å². The zero-order chi connectivity index (χ0) is 13.3. The minimum atomic E-state index is -1.33. The summed E-state index contributed by atoms with van der Waals surface area (Å²) >= 11 is 1.04. The third-order valence-electron chi connectivity index (χ3n) is 3.10. The van der Waals surface area contributed by atoms with Crippen molar-refractivity contribution >= 4 is 23.4 Å². The van der Waals surface area contributed by atoms with Crippen molar-refractivity contribution in [1.29, 1.82) is 0 Å². The van der Waals surface area contributed by atoms with Crippen LogP contribution in [0, 0.1) is 0 Å². The van der Waals surface area contributed by atoms with Gasteiger partial charge in [-0.2, -0.15) is 0 Å². The summed E-state index contributed by atoms with van der Waals surface area (Å²) in [6.45, 7) is 2.27. The second kappa shape index (κ2) is 4.62. The summed E-state index contributed by atoms with van der Waals surface area (Å²) in [6, 6.07) is 0. The van der Waals surface area contributed by atoms with Crippen LogP contribution in [0.15, 0.2) is 0 Å². The van der Waals surface area contributed by atoms with Crippen molar-refractivity contribution in [3.05, 3.63) is 10.6 Å². The summed E-state index contributed by atoms with van der Waals surface area (Å²) in [5.41, 5.74) is 5.05. The number of carboxylic acid groups (broad SMARTS) is 1. The van der Waals surface area contributed by atoms with E-state index in [-0.39, 0.29) is 18.9 Å². The molecular formula is C10H14N4O3S. The molecule has 0 spiro atoms. The fourth-order valence-corrected chi connectivity index (χ4v) is 2.65. The molecule has 0 radical (unpaired) electrons. The highest BCUT2D eigenvalue weighted by atomic mass is 32.1. The predicted molar refractivity (Wildman–Crippen MR) is 64.4 cm³/mol. The van der Waals surface area contributed by atoms with Crippen molar-refractivity contribution in [3.8, 4) is 0 Å². The lowest BCUT2D eigenvalue weighted by molar-refractivity contribution is -0.142. The molecule has 0 bridgehead atoms. The van der Waals surface area contributed by atoms with Crippen LogP contribution in [0.4, 0.5) is 0 Å². The smallest absolute Gasteiger partial charge is 0.325 e. The van der Waals surface area contributed by atoms with E-state index >= 15 is 0 Å². The Kier molecular flexibility index (Phi) is 3.31. The minimum absolute atomic E-state index is 0.0300. The Bertz CT molecular complexity index is 489. The number of aliphatic carboxylic acids is 1. The first-order valence-electron chi connectivity index (χ1n) is 5.60. The third-order valence-corrected chi connectivity index (χ3v) is 3.85. The first-order chi connectivity index (χ1) is 8.48. The lowest BCUT2D eigenvalue weighted by Crippen LogP contribution is -2.50. The largest absolute Gasteiger partial charge is 0.480 e. The van der Waals surface area contributed by atoms with Gasteiger partial charge in [0, 0.05) is 13.1 Å². The van der Waals surface area contributed by atoms with Gasteiger partial charge in [-0.3, -0.25) is 9.59 Å². The highest BCUT2D eigenvalue weighted by Crippen LogP contribution is 2.23. The van der Waals surface area contributed by atoms with Crippen LogP contribution >= 0.6 is 11.5 Å². The number of likely N-dealkylation sites (tertiary alicyclic amines) is 1. The Labute approximate surface area is 108 Å². The molecule has 0 saturated carbocycles. The van der Waals surface area contributed by atoms with E-state index < -0.39 is 11.5 Å². The second-order valence-corrected chi connectivity index (χ2v) is 5.09. The maximum absolute atomic E-state index is 12.2. The predicted octanol–water partition coefficient (Wildman–Crippen LogP) is -0.271. The Morgan fingerprint density at radius 3 is 2.89 bits per heavy atom. The fourth-order valence-electron chi connectivity index (χ4n) is 1.93. The first-order valence-corrected chi connectivity index (χ1v) is 6.38. The van der Waals surface area contributed by atoms with Crippen molar-refractivity contribution in [3.63, 3.8) is 0 Å². The van der Waals surface area contributed by atoms with E-state index in [1.165, 1.54) is 4.90 Å². The molecule has 8 heteroatoms. The Balaban J connectivity index is 2.15. The van der Waals surface area contributed by atoms with Gasteiger partial charge in [0.2, 0.25) is 0 Å². The van der Waals surface area contributed by atoms with Crippen molar-refractivity contribution in [1.82, 2.24) is 14.5 Å². The van der Waals surface area contributed by atoms with Gasteiger partial charge in [-0.1, -0.05) is 11.4 Å². The maximum atomic E-state index is 12.2. The van der Waals surface area contributed by atoms with Crippen molar-refractivity contribution in [2.24, 2.45) is 5.73 Å². The number of aromatic nitrogens is 2. The van der Waals surface area contributed by atoms with Gasteiger partial charge < -0.3 is 15.7 Å². The summed E-state index contributed by atoms with van der Waals surface area (Å²) in [4.78, 5) is 25.2. The molecular weight excluding hydrogens is 256 g/mol. The van der Waals surface area contributed by atoms with Gasteiger partial charge >= 0.3 is 5.97 Å². The number of aryl methyl sites for hydroxylation is 1. The van der Waals surface area contributed by atoms with Gasteiger partial charge in [0.25, 0.3) is 5.91 Å². The van der Waals surface area contributed by atoms with Crippen LogP contribution in [-0.2, 0) is 11.2 Å². The van der Waals surface area contributed by atoms with Crippen LogP contribution in [0.2, 0.25) is 0 Å². The Hall–Kier alpha value is -1.54. The van der Waals surface area contributed by atoms with Crippen LogP contribution in [0.25, 0.3) is 0 Å². The molecule has 98 valence electrons. The number of nitrogens with two attached hydrogens (primary N) is 1. The Morgan fingerprint density at radius 1 is 1.61 bits per heavy atom. The summed E-state index contributed by atoms with van der Waals surface area (Å²) in [5, 5.41) is 12.9. The van der Waals surface area contributed by atoms with Gasteiger partial charge in [-0.15, -0.1) is 5.10 Å². The molecule has 18 heavy (non-hydrogen) atoms. The molecule has 7 nitrogen and oxygen atoms in total. The molecule has 1 aliphatic heterocycles. The van der Waals surface area contributed by atoms with Crippen LogP contribution in [0.3, 0.4) is 0 Å². The topological polar surface area (TPSA) is 109 Å². The van der Waals surface area contributed by atoms with Gasteiger partial charge in [0.15, 0.2) is 0 Å². The zero-order valence-electron chi connectivity index (χ0n) is 9.92. The number of rotatable bonds is 3. The monoisotopic (exact) mass is 270 g/mol. The molecule has 1 fully saturated rings. The van der Waals surface area contributed by atoms with Crippen LogP contribution in [0.1, 0.15) is 28.7 Å². The van der Waals surface area contributed by atoms with Gasteiger partial charge in [0.05, 0.1) is 5.69 Å². The number of nitrogens with zero attached hydrogens (tertiary/aromatic N) is 3. The first kappa shape index (κ1) is 12.9. The maximum Gasteiger partial charge on any atom is 0.325 e. The van der Waals surface area contributed by atoms with Gasteiger partial charge in [0.1, 0.15) is 10.4 Å². The standard InChI is InChI=1S/C10H14N4O3S/c1-2-6-7(18-13-12-6)8(15)14-4-3-10(11,5-14)9(16)17/h2-5,11H2,1H3,(H,16,17). The molecule has 2 heterocycles. The third kappa shape index (κ3) is 2.08. The van der Waals surface area contributed by atoms with Crippen molar-refractivity contribution < 1.29 is 14.7 Å². The van der Waals surface area contributed by atoms with E-state index in [1.54, 1.807) is 0 Å². The average molecular weight is 270 g/mol. The van der Waals surface area contributed by atoms with Crippen molar-refractivity contribution in [2.75, 3.05) is 13.1 Å². The summed E-state index contributed by atoms with van der Waals surface area (Å²) in [5.74, 6) is -1.30. The fraction of sp³-hybridized carbons (Fsp3) is 0.600. The van der Waals surface area contributed by atoms with Crippen LogP contribution in [-0.4, -0.2) is 50.1 Å². The molecule has 1 amide bonds. The number of carbonyl (C=O) groups excluding carboxylic acids is 1. The number of hydrogen-bond acceptors (Lipinski definition) is 6. The van der Waals surface area contributed by atoms with E-state index in [4.69, 9.17) is 10.8 Å². The zero-order valence-corrected chi connectivity index (χ0v) is 10.7. The Morgan fingerprint density at radius 2 is 2.33 bits per heavy atom. The molecule has 0 aliphatic carbocycles. The lowest BCUT2D eigenvalue weighted by atomic mass is 10.0. The lowest BCUT2D eigenvalue weighted by Gasteiger charge is -2.19. The minimum Gasteiger partial charge on any atom is -0.480 e. The van der Waals surface area contributed by atoms with E-state index in [2.05, 4.69) is 9.59 Å². The molecule has 1 aliphatic rings. The number of carbonyl (C=O) groups is 2. The SMILES string of the molecule is CCc1nnsc1C(=O)N1CCC(N)(C(=O)O)C1. The number of carboxylic acids is 1. The summed E-state index contributed by atoms with van der Waals surface area (Å²) < 4.78 is 3.75. The van der Waals surface area contributed by atoms with Gasteiger partial charge in [-0.25, -0.2) is 0 Å². The van der Waals surface area contributed by atoms with Gasteiger partial charge in [-0.05, 0) is 24.4 Å². The summed E-state index contributed by atoms with van der Waals surface area (Å²) in [6.07, 6.45) is 0.889. The number of hydrogen-bond donors (Lipinski definition) is 2. The normalized spacial score (nSPS) is 23.3. The molecule has 1 aromatic rings. The van der Waals surface area contributed by atoms with E-state index in [1.807, 2.05) is 6.92 Å². The molecule has 1 unspecified atom stereocenters. The second-order valence-electron chi connectivity index (χ2n) is 4.34.